The van der Waals surface area contributed by atoms with Crippen LogP contribution in [0.25, 0.3) is 0 Å². The average Bonchev–Trinajstić information content (AvgIpc) is 3.21. The molecule has 0 atom stereocenters. The molecule has 2 aromatic rings. The van der Waals surface area contributed by atoms with E-state index in [0.717, 1.165) is 18.2 Å². The highest BCUT2D eigenvalue weighted by Crippen LogP contribution is 2.35. The van der Waals surface area contributed by atoms with Crippen molar-refractivity contribution in [1.29, 1.82) is 0 Å². The van der Waals surface area contributed by atoms with E-state index in [2.05, 4.69) is 9.88 Å². The number of hydrogen-bond donors (Lipinski definition) is 0. The first-order chi connectivity index (χ1) is 12.2. The molecule has 3 rings (SSSR count). The van der Waals surface area contributed by atoms with E-state index in [1.54, 1.807) is 51.0 Å². The van der Waals surface area contributed by atoms with Crippen molar-refractivity contribution in [2.75, 3.05) is 52.4 Å². The fraction of sp³-hybridized carbons (Fsp3) is 0.412. The lowest BCUT2D eigenvalue weighted by Gasteiger charge is -2.34. The van der Waals surface area contributed by atoms with Crippen LogP contribution < -0.4 is 19.1 Å². The second kappa shape index (κ2) is 7.60. The molecular weight excluding hydrogens is 342 g/mol. The number of hydrogen-bond acceptors (Lipinski definition) is 7. The molecule has 0 spiro atoms. The summed E-state index contributed by atoms with van der Waals surface area (Å²) in [5.74, 6) is 1.44. The zero-order valence-electron chi connectivity index (χ0n) is 14.5. The Labute approximate surface area is 150 Å². The van der Waals surface area contributed by atoms with Gasteiger partial charge in [0.25, 0.3) is 5.91 Å². The third-order valence-corrected chi connectivity index (χ3v) is 5.02. The fourth-order valence-electron chi connectivity index (χ4n) is 2.84. The van der Waals surface area contributed by atoms with E-state index < -0.39 is 0 Å². The zero-order valence-corrected chi connectivity index (χ0v) is 15.3. The summed E-state index contributed by atoms with van der Waals surface area (Å²) in [6.45, 7) is 2.79. The highest BCUT2D eigenvalue weighted by Gasteiger charge is 2.26. The average molecular weight is 363 g/mol. The van der Waals surface area contributed by atoms with Crippen LogP contribution in [0.4, 0.5) is 5.13 Å². The van der Waals surface area contributed by atoms with E-state index >= 15 is 0 Å². The lowest BCUT2D eigenvalue weighted by atomic mass is 10.1. The number of carbonyl (C=O) groups is 1. The van der Waals surface area contributed by atoms with Gasteiger partial charge in [0.15, 0.2) is 16.6 Å². The Bertz CT molecular complexity index is 728. The van der Waals surface area contributed by atoms with Gasteiger partial charge in [0.2, 0.25) is 0 Å². The first-order valence-electron chi connectivity index (χ1n) is 7.91. The Balaban J connectivity index is 1.77. The number of rotatable bonds is 5. The molecule has 1 saturated heterocycles. The summed E-state index contributed by atoms with van der Waals surface area (Å²) in [6.07, 6.45) is 1.80. The van der Waals surface area contributed by atoms with Crippen molar-refractivity contribution in [3.63, 3.8) is 0 Å². The minimum atomic E-state index is -0.0726. The fourth-order valence-corrected chi connectivity index (χ4v) is 3.54. The number of carbonyl (C=O) groups excluding carboxylic acids is 1. The monoisotopic (exact) mass is 363 g/mol. The maximum absolute atomic E-state index is 13.0. The topological polar surface area (TPSA) is 64.1 Å². The zero-order chi connectivity index (χ0) is 17.8. The third kappa shape index (κ3) is 3.48. The van der Waals surface area contributed by atoms with E-state index in [1.807, 2.05) is 10.3 Å². The summed E-state index contributed by atoms with van der Waals surface area (Å²) in [5.41, 5.74) is 0.475. The number of methoxy groups -OCH3 is 3. The third-order valence-electron chi connectivity index (χ3n) is 4.19. The van der Waals surface area contributed by atoms with Gasteiger partial charge < -0.3 is 24.0 Å². The number of ether oxygens (including phenoxy) is 3. The molecule has 8 heteroatoms. The van der Waals surface area contributed by atoms with Gasteiger partial charge in [0, 0.05) is 49.9 Å². The molecule has 1 aromatic carbocycles. The van der Waals surface area contributed by atoms with Crippen LogP contribution in [0.2, 0.25) is 0 Å². The van der Waals surface area contributed by atoms with Crippen molar-refractivity contribution in [3.05, 3.63) is 29.3 Å². The molecule has 1 aliphatic rings. The normalized spacial score (nSPS) is 14.4. The van der Waals surface area contributed by atoms with Crippen molar-refractivity contribution < 1.29 is 19.0 Å². The highest BCUT2D eigenvalue weighted by molar-refractivity contribution is 7.13. The van der Waals surface area contributed by atoms with Crippen molar-refractivity contribution in [2.24, 2.45) is 0 Å². The minimum Gasteiger partial charge on any atom is -0.496 e. The molecule has 0 bridgehead atoms. The maximum Gasteiger partial charge on any atom is 0.257 e. The second-order valence-corrected chi connectivity index (χ2v) is 6.37. The van der Waals surface area contributed by atoms with E-state index in [1.165, 1.54) is 0 Å². The number of amides is 1. The quantitative estimate of drug-likeness (QED) is 0.811. The molecular formula is C17H21N3O4S. The Hall–Kier alpha value is -2.48. The minimum absolute atomic E-state index is 0.0726. The van der Waals surface area contributed by atoms with Gasteiger partial charge in [-0.05, 0) is 0 Å². The number of aromatic nitrogens is 1. The SMILES string of the molecule is COc1cc(OC)c(C(=O)N2CCN(c3nccs3)CC2)cc1OC. The van der Waals surface area contributed by atoms with Gasteiger partial charge in [-0.2, -0.15) is 0 Å². The van der Waals surface area contributed by atoms with Gasteiger partial charge in [0.05, 0.1) is 26.9 Å². The van der Waals surface area contributed by atoms with E-state index in [4.69, 9.17) is 14.2 Å². The van der Waals surface area contributed by atoms with Crippen LogP contribution in [-0.4, -0.2) is 63.3 Å². The molecule has 1 amide bonds. The van der Waals surface area contributed by atoms with Crippen LogP contribution in [0.1, 0.15) is 10.4 Å². The van der Waals surface area contributed by atoms with E-state index in [9.17, 15) is 4.79 Å². The Morgan fingerprint density at radius 3 is 2.20 bits per heavy atom. The van der Waals surface area contributed by atoms with Crippen molar-refractivity contribution in [2.45, 2.75) is 0 Å². The van der Waals surface area contributed by atoms with Crippen LogP contribution in [0.5, 0.6) is 17.2 Å². The van der Waals surface area contributed by atoms with Gasteiger partial charge in [-0.3, -0.25) is 4.79 Å². The van der Waals surface area contributed by atoms with Gasteiger partial charge >= 0.3 is 0 Å². The maximum atomic E-state index is 13.0. The van der Waals surface area contributed by atoms with Crippen molar-refractivity contribution in [3.8, 4) is 17.2 Å². The van der Waals surface area contributed by atoms with Gasteiger partial charge in [-0.1, -0.05) is 0 Å². The molecule has 25 heavy (non-hydrogen) atoms. The molecule has 1 fully saturated rings. The lowest BCUT2D eigenvalue weighted by Crippen LogP contribution is -2.48. The standard InChI is InChI=1S/C17H21N3O4S/c1-22-13-11-15(24-3)14(23-2)10-12(13)16(21)19-5-7-20(8-6-19)17-18-4-9-25-17/h4,9-11H,5-8H2,1-3H3. The molecule has 1 aromatic heterocycles. The Morgan fingerprint density at radius 1 is 1.00 bits per heavy atom. The van der Waals surface area contributed by atoms with Crippen LogP contribution in [0, 0.1) is 0 Å². The number of anilines is 1. The summed E-state index contributed by atoms with van der Waals surface area (Å²) in [7, 11) is 4.64. The molecule has 0 N–H and O–H groups in total. The smallest absolute Gasteiger partial charge is 0.257 e. The molecule has 0 unspecified atom stereocenters. The number of thiazole rings is 1. The number of nitrogens with zero attached hydrogens (tertiary/aromatic N) is 3. The molecule has 7 nitrogen and oxygen atoms in total. The summed E-state index contributed by atoms with van der Waals surface area (Å²) in [6, 6.07) is 3.35. The van der Waals surface area contributed by atoms with E-state index in [0.29, 0.717) is 35.9 Å². The Kier molecular flexibility index (Phi) is 5.28. The first kappa shape index (κ1) is 17.3. The van der Waals surface area contributed by atoms with Gasteiger partial charge in [0.1, 0.15) is 5.75 Å². The summed E-state index contributed by atoms with van der Waals surface area (Å²) < 4.78 is 16.0. The first-order valence-corrected chi connectivity index (χ1v) is 8.79. The highest BCUT2D eigenvalue weighted by atomic mass is 32.1. The largest absolute Gasteiger partial charge is 0.496 e. The predicted octanol–water partition coefficient (Wildman–Crippen LogP) is 2.13. The van der Waals surface area contributed by atoms with Crippen LogP contribution >= 0.6 is 11.3 Å². The lowest BCUT2D eigenvalue weighted by molar-refractivity contribution is 0.0743. The Morgan fingerprint density at radius 2 is 1.64 bits per heavy atom. The van der Waals surface area contributed by atoms with Crippen LogP contribution in [0.15, 0.2) is 23.7 Å². The summed E-state index contributed by atoms with van der Waals surface area (Å²) in [5, 5.41) is 2.96. The number of benzene rings is 1. The van der Waals surface area contributed by atoms with Crippen molar-refractivity contribution in [1.82, 2.24) is 9.88 Å². The predicted molar refractivity (Wildman–Crippen MR) is 96.3 cm³/mol. The molecule has 0 radical (unpaired) electrons. The second-order valence-electron chi connectivity index (χ2n) is 5.50. The molecule has 0 aliphatic carbocycles. The molecule has 1 aliphatic heterocycles. The van der Waals surface area contributed by atoms with Crippen LogP contribution in [-0.2, 0) is 0 Å². The summed E-state index contributed by atoms with van der Waals surface area (Å²) in [4.78, 5) is 21.3. The van der Waals surface area contributed by atoms with Crippen molar-refractivity contribution >= 4 is 22.4 Å². The van der Waals surface area contributed by atoms with E-state index in [-0.39, 0.29) is 5.91 Å². The van der Waals surface area contributed by atoms with Gasteiger partial charge in [-0.15, -0.1) is 11.3 Å². The molecule has 2 heterocycles. The summed E-state index contributed by atoms with van der Waals surface area (Å²) >= 11 is 1.61. The number of piperazine rings is 1. The molecule has 134 valence electrons. The van der Waals surface area contributed by atoms with Gasteiger partial charge in [-0.25, -0.2) is 4.98 Å². The van der Waals surface area contributed by atoms with Crippen LogP contribution in [0.3, 0.4) is 0 Å². The molecule has 0 saturated carbocycles.